The monoisotopic (exact) mass is 317 g/mol. The maximum Gasteiger partial charge on any atom is 0.416 e. The van der Waals surface area contributed by atoms with E-state index < -0.39 is 23.6 Å². The van der Waals surface area contributed by atoms with Gasteiger partial charge in [-0.15, -0.1) is 0 Å². The maximum atomic E-state index is 13.2. The molecule has 0 aromatic heterocycles. The molecule has 1 atom stereocenters. The number of nitrogens with two attached hydrogens (primary N) is 1. The van der Waals surface area contributed by atoms with Crippen molar-refractivity contribution in [3.8, 4) is 0 Å². The van der Waals surface area contributed by atoms with Crippen molar-refractivity contribution in [2.24, 2.45) is 5.73 Å². The molecule has 2 aromatic rings. The number of alkyl halides is 3. The average molecular weight is 318 g/mol. The van der Waals surface area contributed by atoms with Gasteiger partial charge in [0.1, 0.15) is 5.82 Å². The summed E-state index contributed by atoms with van der Waals surface area (Å²) in [4.78, 5) is 0. The van der Waals surface area contributed by atoms with Gasteiger partial charge in [-0.05, 0) is 47.9 Å². The summed E-state index contributed by atoms with van der Waals surface area (Å²) in [6.07, 6.45) is -4.27. The number of rotatable bonds is 3. The third-order valence-electron chi connectivity index (χ3n) is 3.09. The van der Waals surface area contributed by atoms with E-state index in [-0.39, 0.29) is 6.42 Å². The van der Waals surface area contributed by atoms with Crippen molar-refractivity contribution in [1.29, 1.82) is 0 Å². The van der Waals surface area contributed by atoms with Crippen LogP contribution in [-0.4, -0.2) is 0 Å². The first-order valence-corrected chi connectivity index (χ1v) is 6.52. The van der Waals surface area contributed by atoms with Gasteiger partial charge in [0.05, 0.1) is 5.56 Å². The molecular weight excluding hydrogens is 306 g/mol. The van der Waals surface area contributed by atoms with Crippen molar-refractivity contribution in [2.75, 3.05) is 0 Å². The standard InChI is InChI=1S/C15H12ClF4N/c16-13-5-4-12(17)7-10(13)8-14(21)9-2-1-3-11(6-9)15(18,19)20/h1-7,14H,8,21H2. The van der Waals surface area contributed by atoms with Crippen LogP contribution in [0.5, 0.6) is 0 Å². The molecule has 1 unspecified atom stereocenters. The third-order valence-corrected chi connectivity index (χ3v) is 3.46. The van der Waals surface area contributed by atoms with Crippen molar-refractivity contribution in [3.05, 3.63) is 70.0 Å². The highest BCUT2D eigenvalue weighted by atomic mass is 35.5. The topological polar surface area (TPSA) is 26.0 Å². The highest BCUT2D eigenvalue weighted by Gasteiger charge is 2.30. The molecule has 0 saturated heterocycles. The second kappa shape index (κ2) is 6.03. The van der Waals surface area contributed by atoms with Crippen LogP contribution in [-0.2, 0) is 12.6 Å². The predicted octanol–water partition coefficient (Wildman–Crippen LogP) is 4.74. The second-order valence-corrected chi connectivity index (χ2v) is 5.08. The minimum absolute atomic E-state index is 0.151. The lowest BCUT2D eigenvalue weighted by Crippen LogP contribution is -2.15. The van der Waals surface area contributed by atoms with Crippen molar-refractivity contribution in [3.63, 3.8) is 0 Å². The Labute approximate surface area is 124 Å². The van der Waals surface area contributed by atoms with Gasteiger partial charge in [0.2, 0.25) is 0 Å². The highest BCUT2D eigenvalue weighted by molar-refractivity contribution is 6.31. The Morgan fingerprint density at radius 2 is 1.81 bits per heavy atom. The molecule has 0 heterocycles. The van der Waals surface area contributed by atoms with Gasteiger partial charge in [0.15, 0.2) is 0 Å². The summed E-state index contributed by atoms with van der Waals surface area (Å²) >= 11 is 5.93. The molecule has 0 amide bonds. The minimum Gasteiger partial charge on any atom is -0.324 e. The molecule has 0 radical (unpaired) electrons. The Morgan fingerprint density at radius 1 is 1.10 bits per heavy atom. The Bertz CT molecular complexity index is 640. The SMILES string of the molecule is NC(Cc1cc(F)ccc1Cl)c1cccc(C(F)(F)F)c1. The van der Waals surface area contributed by atoms with Gasteiger partial charge in [-0.25, -0.2) is 4.39 Å². The summed E-state index contributed by atoms with van der Waals surface area (Å²) in [6.45, 7) is 0. The molecule has 112 valence electrons. The molecule has 0 aliphatic carbocycles. The van der Waals surface area contributed by atoms with Gasteiger partial charge in [-0.1, -0.05) is 23.7 Å². The van der Waals surface area contributed by atoms with Crippen LogP contribution in [0.4, 0.5) is 17.6 Å². The van der Waals surface area contributed by atoms with Crippen LogP contribution >= 0.6 is 11.6 Å². The molecular formula is C15H12ClF4N. The van der Waals surface area contributed by atoms with Gasteiger partial charge in [-0.3, -0.25) is 0 Å². The first-order valence-electron chi connectivity index (χ1n) is 6.14. The van der Waals surface area contributed by atoms with E-state index in [0.717, 1.165) is 12.1 Å². The molecule has 0 aliphatic rings. The normalized spacial score (nSPS) is 13.2. The fraction of sp³-hybridized carbons (Fsp3) is 0.200. The van der Waals surface area contributed by atoms with E-state index in [2.05, 4.69) is 0 Å². The summed E-state index contributed by atoms with van der Waals surface area (Å²) in [5.41, 5.74) is 5.93. The van der Waals surface area contributed by atoms with Gasteiger partial charge >= 0.3 is 6.18 Å². The summed E-state index contributed by atoms with van der Waals surface area (Å²) < 4.78 is 51.2. The first kappa shape index (κ1) is 15.8. The van der Waals surface area contributed by atoms with Crippen LogP contribution in [0.1, 0.15) is 22.7 Å². The van der Waals surface area contributed by atoms with Gasteiger partial charge in [-0.2, -0.15) is 13.2 Å². The Hall–Kier alpha value is -1.59. The molecule has 0 fully saturated rings. The summed E-state index contributed by atoms with van der Waals surface area (Å²) in [5.74, 6) is -0.467. The fourth-order valence-electron chi connectivity index (χ4n) is 2.00. The lowest BCUT2D eigenvalue weighted by Gasteiger charge is -2.15. The van der Waals surface area contributed by atoms with Gasteiger partial charge < -0.3 is 5.73 Å². The Kier molecular flexibility index (Phi) is 4.54. The van der Waals surface area contributed by atoms with Crippen LogP contribution in [0.3, 0.4) is 0 Å². The van der Waals surface area contributed by atoms with Crippen molar-refractivity contribution >= 4 is 11.6 Å². The molecule has 0 saturated carbocycles. The fourth-order valence-corrected chi connectivity index (χ4v) is 2.19. The molecule has 6 heteroatoms. The van der Waals surface area contributed by atoms with Crippen molar-refractivity contribution in [2.45, 2.75) is 18.6 Å². The van der Waals surface area contributed by atoms with E-state index in [1.54, 1.807) is 0 Å². The predicted molar refractivity (Wildman–Crippen MR) is 73.5 cm³/mol. The van der Waals surface area contributed by atoms with Crippen molar-refractivity contribution in [1.82, 2.24) is 0 Å². The smallest absolute Gasteiger partial charge is 0.324 e. The zero-order chi connectivity index (χ0) is 15.6. The van der Waals surface area contributed by atoms with Gasteiger partial charge in [0.25, 0.3) is 0 Å². The molecule has 2 rings (SSSR count). The highest BCUT2D eigenvalue weighted by Crippen LogP contribution is 2.31. The minimum atomic E-state index is -4.42. The lowest BCUT2D eigenvalue weighted by atomic mass is 9.98. The van der Waals surface area contributed by atoms with Crippen molar-refractivity contribution < 1.29 is 17.6 Å². The lowest BCUT2D eigenvalue weighted by molar-refractivity contribution is -0.137. The first-order chi connectivity index (χ1) is 9.77. The quantitative estimate of drug-likeness (QED) is 0.813. The van der Waals surface area contributed by atoms with E-state index in [4.69, 9.17) is 17.3 Å². The van der Waals surface area contributed by atoms with Gasteiger partial charge in [0, 0.05) is 11.1 Å². The second-order valence-electron chi connectivity index (χ2n) is 4.67. The summed E-state index contributed by atoms with van der Waals surface area (Å²) in [7, 11) is 0. The van der Waals surface area contributed by atoms with Crippen LogP contribution in [0.15, 0.2) is 42.5 Å². The van der Waals surface area contributed by atoms with E-state index in [1.165, 1.54) is 30.3 Å². The van der Waals surface area contributed by atoms with Crippen LogP contribution in [0.25, 0.3) is 0 Å². The summed E-state index contributed by atoms with van der Waals surface area (Å²) in [6, 6.07) is 7.91. The van der Waals surface area contributed by atoms with Crippen LogP contribution in [0.2, 0.25) is 5.02 Å². The molecule has 1 nitrogen and oxygen atoms in total. The number of hydrogen-bond donors (Lipinski definition) is 1. The number of benzene rings is 2. The van der Waals surface area contributed by atoms with Crippen LogP contribution in [0, 0.1) is 5.82 Å². The van der Waals surface area contributed by atoms with E-state index >= 15 is 0 Å². The maximum absolute atomic E-state index is 13.2. The molecule has 0 bridgehead atoms. The zero-order valence-electron chi connectivity index (χ0n) is 10.8. The van der Waals surface area contributed by atoms with E-state index in [0.29, 0.717) is 16.1 Å². The number of hydrogen-bond acceptors (Lipinski definition) is 1. The Balaban J connectivity index is 2.24. The van der Waals surface area contributed by atoms with Crippen LogP contribution < -0.4 is 5.73 Å². The largest absolute Gasteiger partial charge is 0.416 e. The number of halogens is 5. The molecule has 2 aromatic carbocycles. The third kappa shape index (κ3) is 3.95. The molecule has 21 heavy (non-hydrogen) atoms. The Morgan fingerprint density at radius 3 is 2.48 bits per heavy atom. The zero-order valence-corrected chi connectivity index (χ0v) is 11.5. The van der Waals surface area contributed by atoms with E-state index in [1.807, 2.05) is 0 Å². The average Bonchev–Trinajstić information content (AvgIpc) is 2.42. The molecule has 0 spiro atoms. The summed E-state index contributed by atoms with van der Waals surface area (Å²) in [5, 5.41) is 0.332. The molecule has 2 N–H and O–H groups in total. The van der Waals surface area contributed by atoms with E-state index in [9.17, 15) is 17.6 Å². The molecule has 0 aliphatic heterocycles.